The van der Waals surface area contributed by atoms with Crippen LogP contribution in [0.5, 0.6) is 0 Å². The molecule has 156 valence electrons. The Labute approximate surface area is 165 Å². The fraction of sp³-hybridized carbons (Fsp3) is 0.474. The van der Waals surface area contributed by atoms with Crippen LogP contribution in [0, 0.1) is 5.92 Å². The summed E-state index contributed by atoms with van der Waals surface area (Å²) in [6.45, 7) is 5.37. The summed E-state index contributed by atoms with van der Waals surface area (Å²) in [7, 11) is 0. The van der Waals surface area contributed by atoms with Crippen LogP contribution in [0.25, 0.3) is 11.4 Å². The van der Waals surface area contributed by atoms with Crippen molar-refractivity contribution in [1.29, 1.82) is 0 Å². The number of nitrogens with zero attached hydrogens (tertiary/aromatic N) is 3. The second-order valence-corrected chi connectivity index (χ2v) is 7.96. The van der Waals surface area contributed by atoms with E-state index < -0.39 is 17.6 Å². The fourth-order valence-electron chi connectivity index (χ4n) is 2.69. The molecule has 2 aromatic rings. The zero-order valence-corrected chi connectivity index (χ0v) is 16.2. The number of hydrogen-bond acceptors (Lipinski definition) is 5. The van der Waals surface area contributed by atoms with Gasteiger partial charge in [0.15, 0.2) is 0 Å². The van der Waals surface area contributed by atoms with Gasteiger partial charge in [-0.2, -0.15) is 18.2 Å². The van der Waals surface area contributed by atoms with E-state index in [1.165, 1.54) is 17.0 Å². The number of nitrogens with one attached hydrogen (secondary N) is 1. The highest BCUT2D eigenvalue weighted by Gasteiger charge is 2.38. The van der Waals surface area contributed by atoms with E-state index in [0.29, 0.717) is 11.3 Å². The monoisotopic (exact) mass is 410 g/mol. The lowest BCUT2D eigenvalue weighted by Crippen LogP contribution is -2.47. The van der Waals surface area contributed by atoms with Gasteiger partial charge in [0.1, 0.15) is 6.54 Å². The topological polar surface area (TPSA) is 88.3 Å². The summed E-state index contributed by atoms with van der Waals surface area (Å²) in [5, 5.41) is 6.15. The Kier molecular flexibility index (Phi) is 5.38. The molecular formula is C19H21F3N4O3. The molecule has 0 spiro atoms. The molecule has 1 aromatic heterocycles. The lowest BCUT2D eigenvalue weighted by atomic mass is 10.1. The zero-order valence-electron chi connectivity index (χ0n) is 16.2. The molecule has 1 aliphatic carbocycles. The third-order valence-corrected chi connectivity index (χ3v) is 4.11. The number of benzene rings is 1. The van der Waals surface area contributed by atoms with Crippen LogP contribution in [0.15, 0.2) is 28.8 Å². The molecule has 1 N–H and O–H groups in total. The maximum absolute atomic E-state index is 12.7. The molecule has 1 aromatic carbocycles. The van der Waals surface area contributed by atoms with Crippen LogP contribution < -0.4 is 10.2 Å². The molecular weight excluding hydrogens is 389 g/mol. The van der Waals surface area contributed by atoms with Crippen molar-refractivity contribution in [2.75, 3.05) is 11.4 Å². The number of hydrogen-bond donors (Lipinski definition) is 1. The van der Waals surface area contributed by atoms with Crippen molar-refractivity contribution in [2.24, 2.45) is 5.92 Å². The van der Waals surface area contributed by atoms with Gasteiger partial charge in [-0.3, -0.25) is 9.59 Å². The minimum Gasteiger partial charge on any atom is -0.350 e. The van der Waals surface area contributed by atoms with Crippen LogP contribution in [0.2, 0.25) is 0 Å². The van der Waals surface area contributed by atoms with Crippen LogP contribution in [0.3, 0.4) is 0 Å². The summed E-state index contributed by atoms with van der Waals surface area (Å²) in [6.07, 6.45) is -3.17. The predicted molar refractivity (Wildman–Crippen MR) is 97.7 cm³/mol. The first-order valence-corrected chi connectivity index (χ1v) is 9.08. The fourth-order valence-corrected chi connectivity index (χ4v) is 2.69. The molecule has 0 aliphatic heterocycles. The largest absolute Gasteiger partial charge is 0.471 e. The minimum absolute atomic E-state index is 0.108. The summed E-state index contributed by atoms with van der Waals surface area (Å²) < 4.78 is 42.1. The summed E-state index contributed by atoms with van der Waals surface area (Å²) in [4.78, 5) is 29.7. The lowest BCUT2D eigenvalue weighted by molar-refractivity contribution is -0.159. The Morgan fingerprint density at radius 2 is 1.79 bits per heavy atom. The predicted octanol–water partition coefficient (Wildman–Crippen LogP) is 3.41. The minimum atomic E-state index is -4.72. The molecule has 0 unspecified atom stereocenters. The van der Waals surface area contributed by atoms with Gasteiger partial charge in [-0.25, -0.2) is 0 Å². The van der Waals surface area contributed by atoms with E-state index in [1.807, 2.05) is 20.8 Å². The maximum Gasteiger partial charge on any atom is 0.471 e. The molecule has 10 heteroatoms. The molecule has 0 atom stereocenters. The lowest BCUT2D eigenvalue weighted by Gasteiger charge is -2.26. The van der Waals surface area contributed by atoms with Crippen molar-refractivity contribution < 1.29 is 27.3 Å². The van der Waals surface area contributed by atoms with Gasteiger partial charge in [-0.1, -0.05) is 5.16 Å². The van der Waals surface area contributed by atoms with Gasteiger partial charge in [0.25, 0.3) is 0 Å². The van der Waals surface area contributed by atoms with Gasteiger partial charge in [0, 0.05) is 22.7 Å². The van der Waals surface area contributed by atoms with Gasteiger partial charge >= 0.3 is 12.1 Å². The molecule has 0 saturated heterocycles. The Hall–Kier alpha value is -2.91. The number of aromatic nitrogens is 2. The molecule has 3 rings (SSSR count). The number of carbonyl (C=O) groups excluding carboxylic acids is 2. The standard InChI is InChI=1S/C19H21F3N4O3/c1-18(2,3)24-14(27)10-26(16(28)12-4-5-12)13-8-6-11(7-9-13)15-23-17(29-25-15)19(20,21)22/h6-9,12H,4-5,10H2,1-3H3,(H,24,27). The Balaban J connectivity index is 1.80. The van der Waals surface area contributed by atoms with E-state index in [1.54, 1.807) is 12.1 Å². The number of amides is 2. The molecule has 1 fully saturated rings. The number of alkyl halides is 3. The molecule has 1 saturated carbocycles. The second kappa shape index (κ2) is 7.49. The highest BCUT2D eigenvalue weighted by atomic mass is 19.4. The van der Waals surface area contributed by atoms with Gasteiger partial charge < -0.3 is 14.7 Å². The third-order valence-electron chi connectivity index (χ3n) is 4.11. The number of carbonyl (C=O) groups is 2. The average molecular weight is 410 g/mol. The van der Waals surface area contributed by atoms with Crippen LogP contribution >= 0.6 is 0 Å². The quantitative estimate of drug-likeness (QED) is 0.816. The van der Waals surface area contributed by atoms with E-state index in [9.17, 15) is 22.8 Å². The molecule has 0 bridgehead atoms. The number of rotatable bonds is 5. The molecule has 2 amide bonds. The van der Waals surface area contributed by atoms with Crippen molar-refractivity contribution in [3.8, 4) is 11.4 Å². The van der Waals surface area contributed by atoms with Crippen LogP contribution in [0.4, 0.5) is 18.9 Å². The third kappa shape index (κ3) is 5.33. The summed E-state index contributed by atoms with van der Waals surface area (Å²) in [6, 6.07) is 6.05. The van der Waals surface area contributed by atoms with Crippen molar-refractivity contribution in [2.45, 2.75) is 45.3 Å². The first kappa shape index (κ1) is 20.8. The van der Waals surface area contributed by atoms with E-state index in [-0.39, 0.29) is 30.1 Å². The zero-order chi connectivity index (χ0) is 21.4. The van der Waals surface area contributed by atoms with Crippen LogP contribution in [-0.4, -0.2) is 34.0 Å². The van der Waals surface area contributed by atoms with E-state index >= 15 is 0 Å². The van der Waals surface area contributed by atoms with Gasteiger partial charge in [0.05, 0.1) is 0 Å². The number of anilines is 1. The van der Waals surface area contributed by atoms with E-state index in [4.69, 9.17) is 0 Å². The highest BCUT2D eigenvalue weighted by Crippen LogP contribution is 2.34. The SMILES string of the molecule is CC(C)(C)NC(=O)CN(C(=O)C1CC1)c1ccc(-c2noc(C(F)(F)F)n2)cc1. The van der Waals surface area contributed by atoms with Gasteiger partial charge in [-0.15, -0.1) is 0 Å². The summed E-state index contributed by atoms with van der Waals surface area (Å²) in [5.74, 6) is -2.21. The molecule has 1 aliphatic rings. The molecule has 7 nitrogen and oxygen atoms in total. The average Bonchev–Trinajstić information content (AvgIpc) is 3.33. The second-order valence-electron chi connectivity index (χ2n) is 7.96. The van der Waals surface area contributed by atoms with Crippen molar-refractivity contribution in [1.82, 2.24) is 15.5 Å². The highest BCUT2D eigenvalue weighted by molar-refractivity contribution is 6.01. The summed E-state index contributed by atoms with van der Waals surface area (Å²) >= 11 is 0. The van der Waals surface area contributed by atoms with E-state index in [0.717, 1.165) is 12.8 Å². The number of halogens is 3. The first-order chi connectivity index (χ1) is 13.4. The Morgan fingerprint density at radius 1 is 1.17 bits per heavy atom. The maximum atomic E-state index is 12.7. The Bertz CT molecular complexity index is 897. The van der Waals surface area contributed by atoms with Crippen molar-refractivity contribution in [3.63, 3.8) is 0 Å². The molecule has 1 heterocycles. The van der Waals surface area contributed by atoms with Crippen LogP contribution in [0.1, 0.15) is 39.5 Å². The normalized spacial score (nSPS) is 14.6. The first-order valence-electron chi connectivity index (χ1n) is 9.08. The summed E-state index contributed by atoms with van der Waals surface area (Å²) in [5.41, 5.74) is 0.324. The molecule has 0 radical (unpaired) electrons. The van der Waals surface area contributed by atoms with Gasteiger partial charge in [-0.05, 0) is 57.9 Å². The van der Waals surface area contributed by atoms with Crippen LogP contribution in [-0.2, 0) is 15.8 Å². The smallest absolute Gasteiger partial charge is 0.350 e. The molecule has 29 heavy (non-hydrogen) atoms. The van der Waals surface area contributed by atoms with E-state index in [2.05, 4.69) is 20.0 Å². The Morgan fingerprint density at radius 3 is 2.28 bits per heavy atom. The van der Waals surface area contributed by atoms with Gasteiger partial charge in [0.2, 0.25) is 17.6 Å². The van der Waals surface area contributed by atoms with Crippen molar-refractivity contribution in [3.05, 3.63) is 30.2 Å². The van der Waals surface area contributed by atoms with Crippen molar-refractivity contribution >= 4 is 17.5 Å².